The van der Waals surface area contributed by atoms with Crippen LogP contribution in [-0.2, 0) is 0 Å². The number of allylic oxidation sites excluding steroid dienone is 4. The fourth-order valence-electron chi connectivity index (χ4n) is 0.632. The van der Waals surface area contributed by atoms with Crippen molar-refractivity contribution >= 4 is 0 Å². The van der Waals surface area contributed by atoms with Gasteiger partial charge in [-0.2, -0.15) is 5.26 Å². The Morgan fingerprint density at radius 2 is 2.27 bits per heavy atom. The second-order valence-corrected chi connectivity index (χ2v) is 1.99. The predicted molar refractivity (Wildman–Crippen MR) is 43.4 cm³/mol. The number of hydrogen-bond donors (Lipinski definition) is 0. The molecule has 0 saturated carbocycles. The average molecular weight is 151 g/mol. The van der Waals surface area contributed by atoms with Gasteiger partial charge in [-0.25, -0.2) is 4.39 Å². The van der Waals surface area contributed by atoms with Gasteiger partial charge < -0.3 is 0 Å². The Bertz CT molecular complexity index is 243. The predicted octanol–water partition coefficient (Wildman–Crippen LogP) is 2.89. The van der Waals surface area contributed by atoms with Crippen LogP contribution in [0.1, 0.15) is 13.3 Å². The van der Waals surface area contributed by atoms with Crippen LogP contribution in [0.2, 0.25) is 0 Å². The second-order valence-electron chi connectivity index (χ2n) is 1.99. The number of hydrogen-bond acceptors (Lipinski definition) is 1. The lowest BCUT2D eigenvalue weighted by Crippen LogP contribution is -1.84. The minimum absolute atomic E-state index is 0.137. The minimum Gasteiger partial charge on any atom is -0.205 e. The third kappa shape index (κ3) is 2.38. The molecule has 0 aromatic rings. The van der Waals surface area contributed by atoms with E-state index in [2.05, 4.69) is 13.2 Å². The zero-order chi connectivity index (χ0) is 8.85. The van der Waals surface area contributed by atoms with Crippen LogP contribution in [0.5, 0.6) is 0 Å². The van der Waals surface area contributed by atoms with Crippen molar-refractivity contribution in [2.24, 2.45) is 0 Å². The van der Waals surface area contributed by atoms with Gasteiger partial charge in [-0.1, -0.05) is 26.2 Å². The van der Waals surface area contributed by atoms with Gasteiger partial charge in [0.05, 0.1) is 5.57 Å². The van der Waals surface area contributed by atoms with Gasteiger partial charge in [-0.15, -0.1) is 0 Å². The van der Waals surface area contributed by atoms with Crippen molar-refractivity contribution < 1.29 is 4.39 Å². The Morgan fingerprint density at radius 3 is 2.55 bits per heavy atom. The first-order chi connectivity index (χ1) is 5.17. The molecule has 0 aromatic carbocycles. The lowest BCUT2D eigenvalue weighted by atomic mass is 10.1. The largest absolute Gasteiger partial charge is 0.205 e. The van der Waals surface area contributed by atoms with E-state index in [0.717, 1.165) is 0 Å². The highest BCUT2D eigenvalue weighted by Crippen LogP contribution is 2.17. The minimum atomic E-state index is -0.551. The van der Waals surface area contributed by atoms with Crippen molar-refractivity contribution in [3.63, 3.8) is 0 Å². The maximum absolute atomic E-state index is 12.9. The highest BCUT2D eigenvalue weighted by atomic mass is 19.1. The molecule has 0 aliphatic rings. The number of nitriles is 1. The molecule has 0 atom stereocenters. The van der Waals surface area contributed by atoms with E-state index in [1.54, 1.807) is 13.0 Å². The van der Waals surface area contributed by atoms with E-state index in [0.29, 0.717) is 12.0 Å². The molecule has 58 valence electrons. The molecule has 0 saturated heterocycles. The number of nitrogens with zero attached hydrogens (tertiary/aromatic N) is 1. The molecule has 0 fully saturated rings. The van der Waals surface area contributed by atoms with Crippen LogP contribution in [0.25, 0.3) is 0 Å². The molecule has 2 heteroatoms. The molecule has 0 heterocycles. The van der Waals surface area contributed by atoms with Gasteiger partial charge in [0, 0.05) is 0 Å². The van der Waals surface area contributed by atoms with Crippen LogP contribution in [0, 0.1) is 11.3 Å². The van der Waals surface area contributed by atoms with E-state index < -0.39 is 5.83 Å². The maximum Gasteiger partial charge on any atom is 0.143 e. The number of halogens is 1. The first-order valence-corrected chi connectivity index (χ1v) is 3.27. The van der Waals surface area contributed by atoms with E-state index in [1.807, 2.05) is 0 Å². The molecule has 0 rings (SSSR count). The van der Waals surface area contributed by atoms with Gasteiger partial charge in [0.15, 0.2) is 0 Å². The highest BCUT2D eigenvalue weighted by molar-refractivity contribution is 5.41. The van der Waals surface area contributed by atoms with Crippen LogP contribution in [-0.4, -0.2) is 0 Å². The molecule has 0 aliphatic heterocycles. The lowest BCUT2D eigenvalue weighted by molar-refractivity contribution is 0.645. The topological polar surface area (TPSA) is 23.8 Å². The van der Waals surface area contributed by atoms with Crippen molar-refractivity contribution in [3.05, 3.63) is 36.2 Å². The van der Waals surface area contributed by atoms with Gasteiger partial charge in [0.2, 0.25) is 0 Å². The third-order valence-corrected chi connectivity index (χ3v) is 1.31. The van der Waals surface area contributed by atoms with E-state index >= 15 is 0 Å². The van der Waals surface area contributed by atoms with Crippen molar-refractivity contribution in [2.75, 3.05) is 0 Å². The van der Waals surface area contributed by atoms with Crippen molar-refractivity contribution in [3.8, 4) is 6.07 Å². The fraction of sp³-hybridized carbons (Fsp3) is 0.222. The summed E-state index contributed by atoms with van der Waals surface area (Å²) in [6.07, 6.45) is 1.92. The fourth-order valence-corrected chi connectivity index (χ4v) is 0.632. The Labute approximate surface area is 66.1 Å². The molecule has 11 heavy (non-hydrogen) atoms. The molecule has 0 amide bonds. The summed E-state index contributed by atoms with van der Waals surface area (Å²) in [6, 6.07) is 1.64. The summed E-state index contributed by atoms with van der Waals surface area (Å²) >= 11 is 0. The van der Waals surface area contributed by atoms with E-state index in [1.165, 1.54) is 6.08 Å². The monoisotopic (exact) mass is 151 g/mol. The molecule has 0 bridgehead atoms. The summed E-state index contributed by atoms with van der Waals surface area (Å²) < 4.78 is 12.9. The summed E-state index contributed by atoms with van der Waals surface area (Å²) in [5, 5.41) is 8.29. The highest BCUT2D eigenvalue weighted by Gasteiger charge is 2.04. The third-order valence-electron chi connectivity index (χ3n) is 1.31. The quantitative estimate of drug-likeness (QED) is 0.449. The van der Waals surface area contributed by atoms with Crippen LogP contribution in [0.3, 0.4) is 0 Å². The first kappa shape index (κ1) is 9.64. The Kier molecular flexibility index (Phi) is 3.90. The molecule has 0 radical (unpaired) electrons. The molecule has 0 N–H and O–H groups in total. The maximum atomic E-state index is 12.9. The van der Waals surface area contributed by atoms with E-state index in [4.69, 9.17) is 5.26 Å². The Balaban J connectivity index is 4.78. The van der Waals surface area contributed by atoms with Crippen LogP contribution < -0.4 is 0 Å². The summed E-state index contributed by atoms with van der Waals surface area (Å²) in [5.74, 6) is -0.551. The number of rotatable bonds is 3. The Hall–Kier alpha value is -1.36. The molecule has 0 spiro atoms. The van der Waals surface area contributed by atoms with Crippen molar-refractivity contribution in [2.45, 2.75) is 13.3 Å². The molecular formula is C9H10FN. The van der Waals surface area contributed by atoms with Crippen molar-refractivity contribution in [1.29, 1.82) is 5.26 Å². The van der Waals surface area contributed by atoms with Gasteiger partial charge >= 0.3 is 0 Å². The Morgan fingerprint density at radius 1 is 1.73 bits per heavy atom. The standard InChI is InChI=1S/C9H10FN/c1-4-8(5-2)9(10)7(3)6-11/h4H,1,3,5H2,2H3/b9-8-. The smallest absolute Gasteiger partial charge is 0.143 e. The molecule has 1 nitrogen and oxygen atoms in total. The second kappa shape index (κ2) is 4.45. The molecule has 0 unspecified atom stereocenters. The van der Waals surface area contributed by atoms with Gasteiger partial charge in [0.1, 0.15) is 11.9 Å². The van der Waals surface area contributed by atoms with Gasteiger partial charge in [0.25, 0.3) is 0 Å². The molecule has 0 aromatic heterocycles. The summed E-state index contributed by atoms with van der Waals surface area (Å²) in [4.78, 5) is 0. The molecule has 0 aliphatic carbocycles. The lowest BCUT2D eigenvalue weighted by Gasteiger charge is -1.97. The van der Waals surface area contributed by atoms with Gasteiger partial charge in [-0.3, -0.25) is 0 Å². The van der Waals surface area contributed by atoms with E-state index in [9.17, 15) is 4.39 Å². The van der Waals surface area contributed by atoms with Crippen LogP contribution in [0.4, 0.5) is 4.39 Å². The van der Waals surface area contributed by atoms with Gasteiger partial charge in [-0.05, 0) is 12.0 Å². The average Bonchev–Trinajstić information content (AvgIpc) is 2.05. The summed E-state index contributed by atoms with van der Waals surface area (Å²) in [7, 11) is 0. The zero-order valence-corrected chi connectivity index (χ0v) is 6.52. The van der Waals surface area contributed by atoms with Crippen LogP contribution >= 0.6 is 0 Å². The normalized spacial score (nSPS) is 11.4. The zero-order valence-electron chi connectivity index (χ0n) is 6.52. The first-order valence-electron chi connectivity index (χ1n) is 3.27. The summed E-state index contributed by atoms with van der Waals surface area (Å²) in [5.41, 5.74) is 0.290. The SMILES string of the molecule is C=C/C(CC)=C(/F)C(=C)C#N. The van der Waals surface area contributed by atoms with Crippen molar-refractivity contribution in [1.82, 2.24) is 0 Å². The molecular weight excluding hydrogens is 141 g/mol. The van der Waals surface area contributed by atoms with E-state index in [-0.39, 0.29) is 5.57 Å². The van der Waals surface area contributed by atoms with Crippen LogP contribution in [0.15, 0.2) is 36.2 Å². The summed E-state index contributed by atoms with van der Waals surface area (Å²) in [6.45, 7) is 8.46.